The van der Waals surface area contributed by atoms with Gasteiger partial charge in [0.05, 0.1) is 6.54 Å². The number of rotatable bonds is 7. The van der Waals surface area contributed by atoms with Crippen LogP contribution in [-0.2, 0) is 16.1 Å². The molecular weight excluding hydrogens is 373 g/mol. The number of anilines is 1. The lowest BCUT2D eigenvalue weighted by atomic mass is 10.1. The first-order valence-corrected chi connectivity index (χ1v) is 9.68. The summed E-state index contributed by atoms with van der Waals surface area (Å²) in [5.41, 5.74) is 2.03. The number of nitrogens with zero attached hydrogens (tertiary/aromatic N) is 2. The zero-order chi connectivity index (χ0) is 20.8. The van der Waals surface area contributed by atoms with Gasteiger partial charge in [-0.1, -0.05) is 12.1 Å². The second kappa shape index (κ2) is 9.32. The Labute approximate surface area is 169 Å². The average molecular weight is 397 g/mol. The van der Waals surface area contributed by atoms with Gasteiger partial charge in [-0.2, -0.15) is 0 Å². The summed E-state index contributed by atoms with van der Waals surface area (Å²) in [7, 11) is 0. The molecule has 0 bridgehead atoms. The maximum Gasteiger partial charge on any atom is 0.254 e. The van der Waals surface area contributed by atoms with Crippen LogP contribution in [0.25, 0.3) is 0 Å². The van der Waals surface area contributed by atoms with E-state index < -0.39 is 0 Å². The molecule has 2 aromatic rings. The third kappa shape index (κ3) is 5.19. The highest BCUT2D eigenvalue weighted by atomic mass is 19.1. The molecule has 0 aromatic heterocycles. The second-order valence-corrected chi connectivity index (χ2v) is 6.92. The fourth-order valence-electron chi connectivity index (χ4n) is 3.25. The van der Waals surface area contributed by atoms with Gasteiger partial charge in [0, 0.05) is 37.3 Å². The zero-order valence-corrected chi connectivity index (χ0v) is 16.4. The van der Waals surface area contributed by atoms with Crippen LogP contribution in [0.15, 0.2) is 48.5 Å². The summed E-state index contributed by atoms with van der Waals surface area (Å²) >= 11 is 0. The molecule has 0 spiro atoms. The molecule has 1 heterocycles. The minimum absolute atomic E-state index is 0.0666. The third-order valence-electron chi connectivity index (χ3n) is 4.91. The molecule has 0 atom stereocenters. The van der Waals surface area contributed by atoms with E-state index >= 15 is 0 Å². The molecule has 1 aliphatic rings. The average Bonchev–Trinajstić information content (AvgIpc) is 3.17. The normalized spacial score (nSPS) is 13.4. The number of benzene rings is 2. The molecule has 1 N–H and O–H groups in total. The molecule has 152 valence electrons. The van der Waals surface area contributed by atoms with E-state index in [2.05, 4.69) is 5.32 Å². The Hall–Kier alpha value is -3.22. The Morgan fingerprint density at radius 1 is 1.10 bits per heavy atom. The topological polar surface area (TPSA) is 69.7 Å². The number of nitrogens with one attached hydrogen (secondary N) is 1. The van der Waals surface area contributed by atoms with Gasteiger partial charge < -0.3 is 15.1 Å². The quantitative estimate of drug-likeness (QED) is 0.781. The van der Waals surface area contributed by atoms with Crippen LogP contribution < -0.4 is 10.2 Å². The Bertz CT molecular complexity index is 881. The van der Waals surface area contributed by atoms with Crippen LogP contribution in [0.2, 0.25) is 0 Å². The van der Waals surface area contributed by atoms with Gasteiger partial charge in [-0.3, -0.25) is 14.4 Å². The number of amides is 3. The van der Waals surface area contributed by atoms with E-state index in [0.29, 0.717) is 25.1 Å². The summed E-state index contributed by atoms with van der Waals surface area (Å²) in [6.45, 7) is 3.09. The zero-order valence-electron chi connectivity index (χ0n) is 16.4. The number of hydrogen-bond acceptors (Lipinski definition) is 3. The van der Waals surface area contributed by atoms with Gasteiger partial charge in [0.25, 0.3) is 5.91 Å². The Balaban J connectivity index is 1.57. The van der Waals surface area contributed by atoms with Gasteiger partial charge in [0.15, 0.2) is 0 Å². The summed E-state index contributed by atoms with van der Waals surface area (Å²) in [6.07, 6.45) is 1.40. The molecule has 1 aliphatic heterocycles. The lowest BCUT2D eigenvalue weighted by Crippen LogP contribution is -2.40. The summed E-state index contributed by atoms with van der Waals surface area (Å²) in [6, 6.07) is 12.8. The number of hydrogen-bond donors (Lipinski definition) is 1. The van der Waals surface area contributed by atoms with E-state index in [1.807, 2.05) is 6.92 Å². The molecule has 3 rings (SSSR count). The van der Waals surface area contributed by atoms with E-state index in [0.717, 1.165) is 17.7 Å². The number of carbonyl (C=O) groups is 3. The first-order chi connectivity index (χ1) is 14.0. The van der Waals surface area contributed by atoms with Crippen molar-refractivity contribution in [2.24, 2.45) is 0 Å². The van der Waals surface area contributed by atoms with Crippen LogP contribution in [0.3, 0.4) is 0 Å². The van der Waals surface area contributed by atoms with Gasteiger partial charge in [-0.05, 0) is 55.3 Å². The number of likely N-dealkylation sites (N-methyl/N-ethyl adjacent to an activating group) is 1. The highest BCUT2D eigenvalue weighted by Crippen LogP contribution is 2.22. The molecule has 0 unspecified atom stereocenters. The van der Waals surface area contributed by atoms with Crippen molar-refractivity contribution in [2.45, 2.75) is 26.3 Å². The summed E-state index contributed by atoms with van der Waals surface area (Å²) in [5.74, 6) is -0.771. The lowest BCUT2D eigenvalue weighted by molar-refractivity contribution is -0.122. The van der Waals surface area contributed by atoms with Gasteiger partial charge in [-0.15, -0.1) is 0 Å². The largest absolute Gasteiger partial charge is 0.350 e. The molecule has 3 amide bonds. The standard InChI is InChI=1S/C22H24FN3O3/c1-2-25(15-20(27)24-14-16-5-9-18(23)10-6-16)22(29)17-7-11-19(12-8-17)26-13-3-4-21(26)28/h5-12H,2-4,13-15H2,1H3,(H,24,27). The first-order valence-electron chi connectivity index (χ1n) is 9.68. The molecule has 0 aliphatic carbocycles. The smallest absolute Gasteiger partial charge is 0.254 e. The van der Waals surface area contributed by atoms with E-state index in [-0.39, 0.29) is 36.6 Å². The van der Waals surface area contributed by atoms with Crippen molar-refractivity contribution in [2.75, 3.05) is 24.5 Å². The van der Waals surface area contributed by atoms with Crippen LogP contribution in [-0.4, -0.2) is 42.3 Å². The predicted molar refractivity (Wildman–Crippen MR) is 108 cm³/mol. The third-order valence-corrected chi connectivity index (χ3v) is 4.91. The van der Waals surface area contributed by atoms with Crippen molar-refractivity contribution in [1.82, 2.24) is 10.2 Å². The van der Waals surface area contributed by atoms with Crippen LogP contribution in [0.5, 0.6) is 0 Å². The number of halogens is 1. The minimum Gasteiger partial charge on any atom is -0.350 e. The van der Waals surface area contributed by atoms with Gasteiger partial charge in [0.2, 0.25) is 11.8 Å². The Morgan fingerprint density at radius 3 is 2.38 bits per heavy atom. The fraction of sp³-hybridized carbons (Fsp3) is 0.318. The fourth-order valence-corrected chi connectivity index (χ4v) is 3.25. The highest BCUT2D eigenvalue weighted by molar-refractivity contribution is 5.98. The first kappa shape index (κ1) is 20.5. The Kier molecular flexibility index (Phi) is 6.59. The second-order valence-electron chi connectivity index (χ2n) is 6.92. The maximum atomic E-state index is 12.9. The van der Waals surface area contributed by atoms with Crippen LogP contribution in [0, 0.1) is 5.82 Å². The molecule has 29 heavy (non-hydrogen) atoms. The summed E-state index contributed by atoms with van der Waals surface area (Å²) in [5, 5.41) is 2.74. The van der Waals surface area contributed by atoms with E-state index in [9.17, 15) is 18.8 Å². The molecule has 6 nitrogen and oxygen atoms in total. The van der Waals surface area contributed by atoms with Gasteiger partial charge in [0.1, 0.15) is 5.82 Å². The molecular formula is C22H24FN3O3. The summed E-state index contributed by atoms with van der Waals surface area (Å²) in [4.78, 5) is 40.0. The highest BCUT2D eigenvalue weighted by Gasteiger charge is 2.22. The van der Waals surface area contributed by atoms with Crippen molar-refractivity contribution in [1.29, 1.82) is 0 Å². The van der Waals surface area contributed by atoms with Crippen molar-refractivity contribution >= 4 is 23.4 Å². The monoisotopic (exact) mass is 397 g/mol. The van der Waals surface area contributed by atoms with Crippen LogP contribution in [0.4, 0.5) is 10.1 Å². The summed E-state index contributed by atoms with van der Waals surface area (Å²) < 4.78 is 12.9. The lowest BCUT2D eigenvalue weighted by Gasteiger charge is -2.21. The SMILES string of the molecule is CCN(CC(=O)NCc1ccc(F)cc1)C(=O)c1ccc(N2CCCC2=O)cc1. The van der Waals surface area contributed by atoms with Crippen molar-refractivity contribution in [3.8, 4) is 0 Å². The van der Waals surface area contributed by atoms with Crippen molar-refractivity contribution in [3.63, 3.8) is 0 Å². The van der Waals surface area contributed by atoms with Crippen molar-refractivity contribution < 1.29 is 18.8 Å². The molecule has 0 radical (unpaired) electrons. The molecule has 7 heteroatoms. The van der Waals surface area contributed by atoms with Gasteiger partial charge >= 0.3 is 0 Å². The maximum absolute atomic E-state index is 12.9. The van der Waals surface area contributed by atoms with E-state index in [4.69, 9.17) is 0 Å². The predicted octanol–water partition coefficient (Wildman–Crippen LogP) is 2.73. The van der Waals surface area contributed by atoms with Crippen LogP contribution in [0.1, 0.15) is 35.7 Å². The van der Waals surface area contributed by atoms with E-state index in [1.165, 1.54) is 17.0 Å². The molecule has 1 saturated heterocycles. The van der Waals surface area contributed by atoms with Gasteiger partial charge in [-0.25, -0.2) is 4.39 Å². The Morgan fingerprint density at radius 2 is 1.79 bits per heavy atom. The van der Waals surface area contributed by atoms with Crippen LogP contribution >= 0.6 is 0 Å². The molecule has 2 aromatic carbocycles. The minimum atomic E-state index is -0.331. The van der Waals surface area contributed by atoms with E-state index in [1.54, 1.807) is 41.3 Å². The van der Waals surface area contributed by atoms with Crippen molar-refractivity contribution in [3.05, 3.63) is 65.5 Å². The molecule has 1 fully saturated rings. The molecule has 0 saturated carbocycles. The number of carbonyl (C=O) groups excluding carboxylic acids is 3.